The van der Waals surface area contributed by atoms with Crippen LogP contribution in [-0.4, -0.2) is 12.0 Å². The summed E-state index contributed by atoms with van der Waals surface area (Å²) in [5.41, 5.74) is 7.04. The second-order valence-corrected chi connectivity index (χ2v) is 4.33. The molecule has 96 valence electrons. The van der Waals surface area contributed by atoms with Gasteiger partial charge in [-0.25, -0.2) is 0 Å². The van der Waals surface area contributed by atoms with Crippen molar-refractivity contribution in [2.24, 2.45) is 5.73 Å². The van der Waals surface area contributed by atoms with Crippen LogP contribution in [0.5, 0.6) is 5.75 Å². The maximum absolute atomic E-state index is 11.2. The number of hydrogen-bond acceptors (Lipinski definition) is 3. The first-order valence-electron chi connectivity index (χ1n) is 5.99. The largest absolute Gasteiger partial charge is 0.477 e. The fourth-order valence-corrected chi connectivity index (χ4v) is 1.92. The molecule has 4 nitrogen and oxygen atoms in total. The van der Waals surface area contributed by atoms with Crippen molar-refractivity contribution in [1.82, 2.24) is 0 Å². The Bertz CT molecular complexity index is 586. The van der Waals surface area contributed by atoms with Crippen LogP contribution in [0.2, 0.25) is 0 Å². The van der Waals surface area contributed by atoms with Gasteiger partial charge in [0.05, 0.1) is 0 Å². The molecule has 0 bridgehead atoms. The maximum Gasteiger partial charge on any atom is 0.258 e. The number of rotatable bonds is 4. The minimum atomic E-state index is -0.624. The lowest BCUT2D eigenvalue weighted by Crippen LogP contribution is -2.32. The molecule has 2 N–H and O–H groups in total. The number of amides is 1. The zero-order valence-corrected chi connectivity index (χ0v) is 10.8. The van der Waals surface area contributed by atoms with Crippen molar-refractivity contribution in [2.75, 3.05) is 0 Å². The summed E-state index contributed by atoms with van der Waals surface area (Å²) in [7, 11) is 0. The molecule has 0 saturated carbocycles. The van der Waals surface area contributed by atoms with Crippen LogP contribution in [0, 0.1) is 13.8 Å². The number of ether oxygens (including phenoxy) is 1. The minimum Gasteiger partial charge on any atom is -0.477 e. The Morgan fingerprint density at radius 1 is 1.44 bits per heavy atom. The van der Waals surface area contributed by atoms with E-state index in [0.29, 0.717) is 17.8 Å². The molecule has 4 heteroatoms. The summed E-state index contributed by atoms with van der Waals surface area (Å²) >= 11 is 0. The summed E-state index contributed by atoms with van der Waals surface area (Å²) in [6.07, 6.45) is -0.0916. The van der Waals surface area contributed by atoms with Crippen LogP contribution in [0.4, 0.5) is 0 Å². The van der Waals surface area contributed by atoms with Gasteiger partial charge in [-0.3, -0.25) is 4.79 Å². The van der Waals surface area contributed by atoms with Crippen molar-refractivity contribution < 1.29 is 13.9 Å². The molecule has 1 aromatic heterocycles. The third-order valence-electron chi connectivity index (χ3n) is 3.12. The molecule has 0 aliphatic rings. The number of carbonyl (C=O) groups excluding carboxylic acids is 1. The van der Waals surface area contributed by atoms with E-state index in [1.165, 1.54) is 0 Å². The van der Waals surface area contributed by atoms with Crippen molar-refractivity contribution in [3.05, 3.63) is 29.5 Å². The van der Waals surface area contributed by atoms with E-state index >= 15 is 0 Å². The van der Waals surface area contributed by atoms with Crippen LogP contribution in [0.25, 0.3) is 11.0 Å². The number of aryl methyl sites for hydroxylation is 2. The summed E-state index contributed by atoms with van der Waals surface area (Å²) in [4.78, 5) is 11.2. The topological polar surface area (TPSA) is 65.5 Å². The minimum absolute atomic E-state index is 0.463. The smallest absolute Gasteiger partial charge is 0.258 e. The zero-order valence-electron chi connectivity index (χ0n) is 10.8. The Balaban J connectivity index is 2.45. The van der Waals surface area contributed by atoms with E-state index in [9.17, 15) is 4.79 Å². The second-order valence-electron chi connectivity index (χ2n) is 4.33. The van der Waals surface area contributed by atoms with Gasteiger partial charge in [0.2, 0.25) is 0 Å². The fourth-order valence-electron chi connectivity index (χ4n) is 1.92. The van der Waals surface area contributed by atoms with Crippen molar-refractivity contribution >= 4 is 16.9 Å². The first kappa shape index (κ1) is 12.5. The number of para-hydroxylation sites is 1. The Morgan fingerprint density at radius 2 is 2.17 bits per heavy atom. The molecule has 0 aliphatic carbocycles. The van der Waals surface area contributed by atoms with E-state index in [1.54, 1.807) is 6.07 Å². The van der Waals surface area contributed by atoms with Crippen molar-refractivity contribution in [2.45, 2.75) is 33.3 Å². The van der Waals surface area contributed by atoms with Gasteiger partial charge in [-0.2, -0.15) is 0 Å². The van der Waals surface area contributed by atoms with E-state index < -0.39 is 12.0 Å². The molecule has 0 saturated heterocycles. The number of nitrogens with two attached hydrogens (primary N) is 1. The highest BCUT2D eigenvalue weighted by Gasteiger charge is 2.18. The quantitative estimate of drug-likeness (QED) is 0.903. The Kier molecular flexibility index (Phi) is 3.28. The highest BCUT2D eigenvalue weighted by Crippen LogP contribution is 2.32. The lowest BCUT2D eigenvalue weighted by molar-refractivity contribution is -0.124. The molecule has 2 rings (SSSR count). The summed E-state index contributed by atoms with van der Waals surface area (Å²) in [5, 5.41) is 1.00. The van der Waals surface area contributed by atoms with Crippen LogP contribution in [0.1, 0.15) is 24.7 Å². The van der Waals surface area contributed by atoms with Gasteiger partial charge in [-0.05, 0) is 31.9 Å². The lowest BCUT2D eigenvalue weighted by Gasteiger charge is -2.13. The highest BCUT2D eigenvalue weighted by atomic mass is 16.5. The Morgan fingerprint density at radius 3 is 2.78 bits per heavy atom. The van der Waals surface area contributed by atoms with Crippen LogP contribution >= 0.6 is 0 Å². The van der Waals surface area contributed by atoms with Gasteiger partial charge in [0.25, 0.3) is 5.91 Å². The number of fused-ring (bicyclic) bond motifs is 1. The van der Waals surface area contributed by atoms with Gasteiger partial charge in [0.15, 0.2) is 17.4 Å². The maximum atomic E-state index is 11.2. The van der Waals surface area contributed by atoms with Crippen molar-refractivity contribution in [3.63, 3.8) is 0 Å². The monoisotopic (exact) mass is 247 g/mol. The normalized spacial score (nSPS) is 12.6. The number of furan rings is 1. The van der Waals surface area contributed by atoms with Crippen molar-refractivity contribution in [1.29, 1.82) is 0 Å². The predicted octanol–water partition coefficient (Wildman–Crippen LogP) is 2.69. The van der Waals surface area contributed by atoms with Gasteiger partial charge < -0.3 is 14.9 Å². The molecule has 0 spiro atoms. The molecule has 1 aromatic carbocycles. The van der Waals surface area contributed by atoms with Gasteiger partial charge in [0, 0.05) is 5.39 Å². The summed E-state index contributed by atoms with van der Waals surface area (Å²) < 4.78 is 11.3. The predicted molar refractivity (Wildman–Crippen MR) is 69.6 cm³/mol. The summed E-state index contributed by atoms with van der Waals surface area (Å²) in [5.74, 6) is 0.956. The van der Waals surface area contributed by atoms with Gasteiger partial charge in [-0.1, -0.05) is 19.1 Å². The van der Waals surface area contributed by atoms with E-state index in [2.05, 4.69) is 0 Å². The number of primary amides is 1. The van der Waals surface area contributed by atoms with Crippen LogP contribution in [0.3, 0.4) is 0 Å². The molecule has 1 amide bonds. The first-order chi connectivity index (χ1) is 8.54. The third kappa shape index (κ3) is 2.06. The van der Waals surface area contributed by atoms with Crippen LogP contribution < -0.4 is 10.5 Å². The SMILES string of the molecule is CCC(Oc1cccc2c(C)c(C)oc12)C(N)=O. The molecule has 0 radical (unpaired) electrons. The van der Waals surface area contributed by atoms with E-state index in [0.717, 1.165) is 16.7 Å². The Hall–Kier alpha value is -1.97. The number of hydrogen-bond donors (Lipinski definition) is 1. The fraction of sp³-hybridized carbons (Fsp3) is 0.357. The third-order valence-corrected chi connectivity index (χ3v) is 3.12. The van der Waals surface area contributed by atoms with Crippen molar-refractivity contribution in [3.8, 4) is 5.75 Å². The van der Waals surface area contributed by atoms with Gasteiger partial charge in [-0.15, -0.1) is 0 Å². The Labute approximate surface area is 106 Å². The van der Waals surface area contributed by atoms with E-state index in [4.69, 9.17) is 14.9 Å². The molecular weight excluding hydrogens is 230 g/mol. The molecule has 1 unspecified atom stereocenters. The highest BCUT2D eigenvalue weighted by molar-refractivity contribution is 5.87. The number of benzene rings is 1. The van der Waals surface area contributed by atoms with E-state index in [1.807, 2.05) is 32.9 Å². The zero-order chi connectivity index (χ0) is 13.3. The molecule has 1 heterocycles. The van der Waals surface area contributed by atoms with Gasteiger partial charge >= 0.3 is 0 Å². The molecule has 0 aliphatic heterocycles. The average molecular weight is 247 g/mol. The van der Waals surface area contributed by atoms with E-state index in [-0.39, 0.29) is 0 Å². The summed E-state index contributed by atoms with van der Waals surface area (Å²) in [6.45, 7) is 5.76. The second kappa shape index (κ2) is 4.72. The average Bonchev–Trinajstić information content (AvgIpc) is 2.63. The number of carbonyl (C=O) groups is 1. The molecule has 2 aromatic rings. The molecular formula is C14H17NO3. The van der Waals surface area contributed by atoms with Gasteiger partial charge in [0.1, 0.15) is 5.76 Å². The summed E-state index contributed by atoms with van der Waals surface area (Å²) in [6, 6.07) is 5.64. The first-order valence-corrected chi connectivity index (χ1v) is 5.99. The van der Waals surface area contributed by atoms with Crippen LogP contribution in [-0.2, 0) is 4.79 Å². The molecule has 18 heavy (non-hydrogen) atoms. The molecule has 0 fully saturated rings. The lowest BCUT2D eigenvalue weighted by atomic mass is 10.1. The molecule has 1 atom stereocenters. The standard InChI is InChI=1S/C14H17NO3/c1-4-11(14(15)16)18-12-7-5-6-10-8(2)9(3)17-13(10)12/h5-7,11H,4H2,1-3H3,(H2,15,16). The van der Waals surface area contributed by atoms with Crippen LogP contribution in [0.15, 0.2) is 22.6 Å².